The van der Waals surface area contributed by atoms with E-state index in [2.05, 4.69) is 49.8 Å². The van der Waals surface area contributed by atoms with E-state index in [1.165, 1.54) is 23.4 Å². The Labute approximate surface area is 199 Å². The van der Waals surface area contributed by atoms with Gasteiger partial charge in [0.2, 0.25) is 0 Å². The van der Waals surface area contributed by atoms with Crippen LogP contribution in [0, 0.1) is 5.82 Å². The average Bonchev–Trinajstić information content (AvgIpc) is 3.18. The molecule has 1 aliphatic rings. The number of anilines is 1. The first-order valence-corrected chi connectivity index (χ1v) is 10.4. The molecule has 0 atom stereocenters. The maximum absolute atomic E-state index is 13.4. The first-order valence-electron chi connectivity index (χ1n) is 10.4. The van der Waals surface area contributed by atoms with Gasteiger partial charge >= 0.3 is 0 Å². The lowest BCUT2D eigenvalue weighted by Gasteiger charge is -2.30. The minimum absolute atomic E-state index is 0. The van der Waals surface area contributed by atoms with Crippen molar-refractivity contribution in [2.45, 2.75) is 13.0 Å². The highest BCUT2D eigenvalue weighted by atomic mass is 127. The van der Waals surface area contributed by atoms with Crippen molar-refractivity contribution in [2.24, 2.45) is 4.99 Å². The van der Waals surface area contributed by atoms with E-state index in [4.69, 9.17) is 4.74 Å². The second kappa shape index (κ2) is 11.3. The van der Waals surface area contributed by atoms with Crippen molar-refractivity contribution in [1.82, 2.24) is 15.6 Å². The van der Waals surface area contributed by atoms with Gasteiger partial charge in [-0.1, -0.05) is 18.2 Å². The van der Waals surface area contributed by atoms with E-state index in [1.807, 2.05) is 12.3 Å². The molecule has 3 aromatic rings. The van der Waals surface area contributed by atoms with Gasteiger partial charge in [-0.25, -0.2) is 4.39 Å². The summed E-state index contributed by atoms with van der Waals surface area (Å²) in [5.41, 5.74) is 4.47. The number of ether oxygens (including phenoxy) is 1. The third-order valence-electron chi connectivity index (χ3n) is 5.43. The first kappa shape index (κ1) is 23.3. The van der Waals surface area contributed by atoms with Crippen LogP contribution in [0.25, 0.3) is 10.9 Å². The Morgan fingerprint density at radius 1 is 1.13 bits per heavy atom. The monoisotopic (exact) mass is 537 g/mol. The molecular formula is C23H29FIN5O. The zero-order valence-electron chi connectivity index (χ0n) is 17.7. The molecule has 0 spiro atoms. The fourth-order valence-electron chi connectivity index (χ4n) is 3.85. The zero-order valence-corrected chi connectivity index (χ0v) is 20.0. The molecule has 0 aliphatic carbocycles. The topological polar surface area (TPSA) is 64.7 Å². The molecule has 2 aromatic carbocycles. The fourth-order valence-corrected chi connectivity index (χ4v) is 3.85. The van der Waals surface area contributed by atoms with E-state index < -0.39 is 0 Å². The highest BCUT2D eigenvalue weighted by Gasteiger charge is 2.14. The maximum atomic E-state index is 13.4. The maximum Gasteiger partial charge on any atom is 0.191 e. The third-order valence-corrected chi connectivity index (χ3v) is 5.43. The number of H-pyrrole nitrogens is 1. The number of morpholine rings is 1. The van der Waals surface area contributed by atoms with E-state index in [0.717, 1.165) is 61.7 Å². The quantitative estimate of drug-likeness (QED) is 0.255. The third kappa shape index (κ3) is 5.88. The van der Waals surface area contributed by atoms with Gasteiger partial charge in [-0.2, -0.15) is 0 Å². The average molecular weight is 537 g/mol. The van der Waals surface area contributed by atoms with E-state index in [-0.39, 0.29) is 29.8 Å². The Morgan fingerprint density at radius 3 is 2.74 bits per heavy atom. The molecule has 0 amide bonds. The lowest BCUT2D eigenvalue weighted by atomic mass is 10.1. The van der Waals surface area contributed by atoms with Crippen molar-refractivity contribution in [3.8, 4) is 0 Å². The second-order valence-electron chi connectivity index (χ2n) is 7.33. The van der Waals surface area contributed by atoms with Crippen LogP contribution >= 0.6 is 24.0 Å². The Morgan fingerprint density at radius 2 is 1.94 bits per heavy atom. The summed E-state index contributed by atoms with van der Waals surface area (Å²) in [6.07, 6.45) is 2.76. The molecule has 1 aromatic heterocycles. The van der Waals surface area contributed by atoms with Crippen LogP contribution < -0.4 is 15.5 Å². The summed E-state index contributed by atoms with van der Waals surface area (Å²) in [6.45, 7) is 4.79. The van der Waals surface area contributed by atoms with Crippen LogP contribution in [0.2, 0.25) is 0 Å². The molecule has 1 aliphatic heterocycles. The van der Waals surface area contributed by atoms with Gasteiger partial charge < -0.3 is 25.3 Å². The summed E-state index contributed by atoms with van der Waals surface area (Å²) < 4.78 is 18.8. The SMILES string of the molecule is CN=C(NCCc1c[nH]c2cc(F)ccc12)NCc1ccccc1N1CCOCC1.I. The Balaban J connectivity index is 0.00000272. The minimum atomic E-state index is -0.226. The molecule has 6 nitrogen and oxygen atoms in total. The predicted octanol–water partition coefficient (Wildman–Crippen LogP) is 3.67. The summed E-state index contributed by atoms with van der Waals surface area (Å²) in [5, 5.41) is 7.84. The number of hydrogen-bond donors (Lipinski definition) is 3. The summed E-state index contributed by atoms with van der Waals surface area (Å²) in [4.78, 5) is 9.85. The van der Waals surface area contributed by atoms with Crippen LogP contribution in [-0.4, -0.2) is 50.8 Å². The Kier molecular flexibility index (Phi) is 8.53. The summed E-state index contributed by atoms with van der Waals surface area (Å²) in [6, 6.07) is 13.3. The van der Waals surface area contributed by atoms with E-state index in [9.17, 15) is 4.39 Å². The molecule has 1 saturated heterocycles. The number of nitrogens with one attached hydrogen (secondary N) is 3. The smallest absolute Gasteiger partial charge is 0.191 e. The van der Waals surface area contributed by atoms with Crippen LogP contribution in [0.15, 0.2) is 53.7 Å². The summed E-state index contributed by atoms with van der Waals surface area (Å²) >= 11 is 0. The molecular weight excluding hydrogens is 508 g/mol. The highest BCUT2D eigenvalue weighted by molar-refractivity contribution is 14.0. The molecule has 0 bridgehead atoms. The number of para-hydroxylation sites is 1. The predicted molar refractivity (Wildman–Crippen MR) is 135 cm³/mol. The Bertz CT molecular complexity index is 1020. The zero-order chi connectivity index (χ0) is 20.8. The molecule has 0 saturated carbocycles. The van der Waals surface area contributed by atoms with Gasteiger partial charge in [-0.05, 0) is 41.8 Å². The normalized spacial score (nSPS) is 14.4. The minimum Gasteiger partial charge on any atom is -0.378 e. The number of guanidine groups is 1. The summed E-state index contributed by atoms with van der Waals surface area (Å²) in [5.74, 6) is 0.536. The van der Waals surface area contributed by atoms with E-state index in [1.54, 1.807) is 7.05 Å². The van der Waals surface area contributed by atoms with Crippen molar-refractivity contribution in [1.29, 1.82) is 0 Å². The highest BCUT2D eigenvalue weighted by Crippen LogP contribution is 2.21. The van der Waals surface area contributed by atoms with E-state index in [0.29, 0.717) is 6.54 Å². The number of halogens is 2. The van der Waals surface area contributed by atoms with Crippen molar-refractivity contribution in [3.63, 3.8) is 0 Å². The van der Waals surface area contributed by atoms with Gasteiger partial charge in [-0.15, -0.1) is 24.0 Å². The van der Waals surface area contributed by atoms with Gasteiger partial charge in [0.05, 0.1) is 13.2 Å². The van der Waals surface area contributed by atoms with Gasteiger partial charge in [0, 0.05) is 56.0 Å². The molecule has 3 N–H and O–H groups in total. The van der Waals surface area contributed by atoms with E-state index >= 15 is 0 Å². The molecule has 166 valence electrons. The number of aliphatic imine (C=N–C) groups is 1. The molecule has 0 radical (unpaired) electrons. The molecule has 4 rings (SSSR count). The molecule has 2 heterocycles. The van der Waals surface area contributed by atoms with Crippen molar-refractivity contribution in [2.75, 3.05) is 44.8 Å². The molecule has 8 heteroatoms. The number of nitrogens with zero attached hydrogens (tertiary/aromatic N) is 2. The number of aromatic amines is 1. The molecule has 1 fully saturated rings. The standard InChI is InChI=1S/C23H28FN5O.HI/c1-25-23(26-9-8-17-15-27-21-14-19(24)6-7-20(17)21)28-16-18-4-2-3-5-22(18)29-10-12-30-13-11-29;/h2-7,14-15,27H,8-13,16H2,1H3,(H2,25,26,28);1H. The second-order valence-corrected chi connectivity index (χ2v) is 7.33. The van der Waals surface area contributed by atoms with Gasteiger partial charge in [0.25, 0.3) is 0 Å². The number of benzene rings is 2. The van der Waals surface area contributed by atoms with Crippen LogP contribution in [-0.2, 0) is 17.7 Å². The van der Waals surface area contributed by atoms with Crippen molar-refractivity contribution in [3.05, 3.63) is 65.6 Å². The van der Waals surface area contributed by atoms with Crippen molar-refractivity contribution < 1.29 is 9.13 Å². The lowest BCUT2D eigenvalue weighted by molar-refractivity contribution is 0.122. The van der Waals surface area contributed by atoms with Crippen LogP contribution in [0.3, 0.4) is 0 Å². The fraction of sp³-hybridized carbons (Fsp3) is 0.348. The van der Waals surface area contributed by atoms with Crippen molar-refractivity contribution >= 4 is 46.5 Å². The van der Waals surface area contributed by atoms with Gasteiger partial charge in [0.1, 0.15) is 5.82 Å². The number of rotatable bonds is 6. The van der Waals surface area contributed by atoms with Crippen LogP contribution in [0.4, 0.5) is 10.1 Å². The summed E-state index contributed by atoms with van der Waals surface area (Å²) in [7, 11) is 1.78. The number of fused-ring (bicyclic) bond motifs is 1. The Hall–Kier alpha value is -2.33. The largest absolute Gasteiger partial charge is 0.378 e. The van der Waals surface area contributed by atoms with Crippen LogP contribution in [0.1, 0.15) is 11.1 Å². The molecule has 31 heavy (non-hydrogen) atoms. The van der Waals surface area contributed by atoms with Crippen LogP contribution in [0.5, 0.6) is 0 Å². The first-order chi connectivity index (χ1) is 14.7. The molecule has 0 unspecified atom stereocenters. The number of hydrogen-bond acceptors (Lipinski definition) is 3. The van der Waals surface area contributed by atoms with Gasteiger partial charge in [0.15, 0.2) is 5.96 Å². The van der Waals surface area contributed by atoms with Gasteiger partial charge in [-0.3, -0.25) is 4.99 Å². The lowest BCUT2D eigenvalue weighted by Crippen LogP contribution is -2.39. The number of aromatic nitrogens is 1.